The third kappa shape index (κ3) is 1.15. The third-order valence-corrected chi connectivity index (χ3v) is 2.13. The van der Waals surface area contributed by atoms with E-state index in [0.717, 1.165) is 6.34 Å². The molecule has 0 aliphatic carbocycles. The molecule has 2 atom stereocenters. The van der Waals surface area contributed by atoms with Crippen molar-refractivity contribution >= 4 is 18.2 Å². The Hall–Kier alpha value is -1.80. The second kappa shape index (κ2) is 2.61. The number of rotatable bonds is 0. The molecular formula is C6H6F3N5O. The lowest BCUT2D eigenvalue weighted by atomic mass is 10.00. The van der Waals surface area contributed by atoms with E-state index in [1.54, 1.807) is 0 Å². The Morgan fingerprint density at radius 2 is 2.20 bits per heavy atom. The summed E-state index contributed by atoms with van der Waals surface area (Å²) in [6, 6.07) is -1.66. The summed E-state index contributed by atoms with van der Waals surface area (Å²) in [7, 11) is 0. The van der Waals surface area contributed by atoms with E-state index in [2.05, 4.69) is 9.98 Å². The number of nitrogens with zero attached hydrogens (tertiary/aromatic N) is 2. The summed E-state index contributed by atoms with van der Waals surface area (Å²) in [5.74, 6) is -1.51. The van der Waals surface area contributed by atoms with E-state index < -0.39 is 29.7 Å². The van der Waals surface area contributed by atoms with Gasteiger partial charge in [0.05, 0.1) is 6.34 Å². The second-order valence-electron chi connectivity index (χ2n) is 3.08. The first-order valence-electron chi connectivity index (χ1n) is 3.89. The molecule has 15 heavy (non-hydrogen) atoms. The van der Waals surface area contributed by atoms with Crippen LogP contribution in [0.3, 0.4) is 0 Å². The van der Waals surface area contributed by atoms with Crippen molar-refractivity contribution in [2.45, 2.75) is 17.9 Å². The largest absolute Gasteiger partial charge is 0.435 e. The highest BCUT2D eigenvalue weighted by Gasteiger charge is 2.66. The lowest BCUT2D eigenvalue weighted by Crippen LogP contribution is -2.67. The molecule has 6 nitrogen and oxygen atoms in total. The highest BCUT2D eigenvalue weighted by atomic mass is 19.4. The highest BCUT2D eigenvalue weighted by Crippen LogP contribution is 2.38. The van der Waals surface area contributed by atoms with E-state index in [1.807, 2.05) is 10.6 Å². The van der Waals surface area contributed by atoms with Crippen LogP contribution in [-0.2, 0) is 4.79 Å². The molecule has 2 heterocycles. The molecule has 2 aliphatic rings. The molecule has 1 amide bonds. The molecule has 0 spiro atoms. The number of guanidine groups is 1. The fraction of sp³-hybridized carbons (Fsp3) is 0.500. The molecule has 4 N–H and O–H groups in total. The van der Waals surface area contributed by atoms with Crippen LogP contribution in [0.1, 0.15) is 0 Å². The van der Waals surface area contributed by atoms with Crippen LogP contribution in [0.5, 0.6) is 0 Å². The number of nitrogens with one attached hydrogen (secondary N) is 2. The van der Waals surface area contributed by atoms with Crippen molar-refractivity contribution in [2.24, 2.45) is 15.7 Å². The van der Waals surface area contributed by atoms with E-state index >= 15 is 0 Å². The molecule has 0 saturated carbocycles. The highest BCUT2D eigenvalue weighted by molar-refractivity contribution is 6.03. The maximum Gasteiger partial charge on any atom is 0.435 e. The van der Waals surface area contributed by atoms with Crippen molar-refractivity contribution in [1.82, 2.24) is 10.6 Å². The quantitative estimate of drug-likeness (QED) is 0.474. The van der Waals surface area contributed by atoms with Gasteiger partial charge >= 0.3 is 6.18 Å². The van der Waals surface area contributed by atoms with Gasteiger partial charge in [-0.3, -0.25) is 15.1 Å². The number of aliphatic imine (C=N–C) groups is 2. The second-order valence-corrected chi connectivity index (χ2v) is 3.08. The van der Waals surface area contributed by atoms with E-state index in [1.165, 1.54) is 0 Å². The van der Waals surface area contributed by atoms with Crippen LogP contribution >= 0.6 is 0 Å². The van der Waals surface area contributed by atoms with Crippen LogP contribution in [0.15, 0.2) is 9.98 Å². The van der Waals surface area contributed by atoms with Crippen molar-refractivity contribution in [1.29, 1.82) is 0 Å². The minimum Gasteiger partial charge on any atom is -0.370 e. The number of halogens is 3. The molecule has 0 aromatic rings. The number of nitrogens with two attached hydrogens (primary N) is 1. The summed E-state index contributed by atoms with van der Waals surface area (Å²) in [5.41, 5.74) is 2.33. The van der Waals surface area contributed by atoms with Gasteiger partial charge in [-0.05, 0) is 0 Å². The van der Waals surface area contributed by atoms with Crippen LogP contribution in [0.4, 0.5) is 13.2 Å². The lowest BCUT2D eigenvalue weighted by Gasteiger charge is -2.34. The van der Waals surface area contributed by atoms with Crippen molar-refractivity contribution < 1.29 is 18.0 Å². The average molecular weight is 221 g/mol. The molecule has 0 saturated heterocycles. The first-order valence-corrected chi connectivity index (χ1v) is 3.89. The monoisotopic (exact) mass is 221 g/mol. The van der Waals surface area contributed by atoms with Gasteiger partial charge in [0.2, 0.25) is 0 Å². The van der Waals surface area contributed by atoms with Crippen molar-refractivity contribution in [3.63, 3.8) is 0 Å². The standard InChI is InChI=1S/C6H6F3N5O/c7-6(8,9)5-2(11-1-12-5)3(15)13-4(10)14-5/h1-2H,(H,11,12)(H3,10,13,14,15). The number of alkyl halides is 3. The van der Waals surface area contributed by atoms with E-state index in [-0.39, 0.29) is 0 Å². The van der Waals surface area contributed by atoms with Gasteiger partial charge < -0.3 is 11.1 Å². The Morgan fingerprint density at radius 1 is 1.53 bits per heavy atom. The number of carbonyl (C=O) groups excluding carboxylic acids is 1. The Bertz CT molecular complexity index is 375. The van der Waals surface area contributed by atoms with Crippen molar-refractivity contribution in [3.05, 3.63) is 0 Å². The summed E-state index contributed by atoms with van der Waals surface area (Å²) in [6.45, 7) is 0. The zero-order valence-electron chi connectivity index (χ0n) is 7.17. The van der Waals surface area contributed by atoms with Crippen molar-refractivity contribution in [2.75, 3.05) is 0 Å². The lowest BCUT2D eigenvalue weighted by molar-refractivity contribution is -0.195. The molecule has 82 valence electrons. The van der Waals surface area contributed by atoms with Crippen molar-refractivity contribution in [3.8, 4) is 0 Å². The number of hydrogen-bond acceptors (Lipinski definition) is 5. The van der Waals surface area contributed by atoms with Crippen LogP contribution < -0.4 is 16.4 Å². The van der Waals surface area contributed by atoms with E-state index in [4.69, 9.17) is 5.73 Å². The number of hydrogen-bond donors (Lipinski definition) is 3. The third-order valence-electron chi connectivity index (χ3n) is 2.13. The summed E-state index contributed by atoms with van der Waals surface area (Å²) >= 11 is 0. The van der Waals surface area contributed by atoms with Gasteiger partial charge in [-0.1, -0.05) is 0 Å². The SMILES string of the molecule is NC1=NC2(C(F)(F)F)NC=NC2C(=O)N1. The van der Waals surface area contributed by atoms with Gasteiger partial charge in [0.25, 0.3) is 11.6 Å². The maximum atomic E-state index is 12.7. The maximum absolute atomic E-state index is 12.7. The van der Waals surface area contributed by atoms with Gasteiger partial charge in [-0.25, -0.2) is 4.99 Å². The molecular weight excluding hydrogens is 215 g/mol. The molecule has 0 fully saturated rings. The Labute approximate surface area is 81.4 Å². The zero-order chi connectivity index (χ0) is 11.3. The molecule has 9 heteroatoms. The summed E-state index contributed by atoms with van der Waals surface area (Å²) in [4.78, 5) is 17.8. The van der Waals surface area contributed by atoms with Crippen LogP contribution in [0, 0.1) is 0 Å². The predicted molar refractivity (Wildman–Crippen MR) is 44.0 cm³/mol. The Kier molecular flexibility index (Phi) is 1.70. The van der Waals surface area contributed by atoms with Gasteiger partial charge in [0, 0.05) is 0 Å². The van der Waals surface area contributed by atoms with Crippen LogP contribution in [0.25, 0.3) is 0 Å². The average Bonchev–Trinajstić information content (AvgIpc) is 2.47. The fourth-order valence-electron chi connectivity index (χ4n) is 1.46. The zero-order valence-corrected chi connectivity index (χ0v) is 7.17. The number of amides is 1. The van der Waals surface area contributed by atoms with Crippen LogP contribution in [-0.4, -0.2) is 36.1 Å². The topological polar surface area (TPSA) is 91.9 Å². The first-order chi connectivity index (χ1) is 6.87. The van der Waals surface area contributed by atoms with Gasteiger partial charge in [-0.2, -0.15) is 13.2 Å². The molecule has 2 rings (SSSR count). The smallest absolute Gasteiger partial charge is 0.370 e. The summed E-state index contributed by atoms with van der Waals surface area (Å²) in [6.07, 6.45) is -3.95. The molecule has 0 bridgehead atoms. The predicted octanol–water partition coefficient (Wildman–Crippen LogP) is -1.31. The van der Waals surface area contributed by atoms with E-state index in [0.29, 0.717) is 0 Å². The Morgan fingerprint density at radius 3 is 2.80 bits per heavy atom. The molecule has 0 radical (unpaired) electrons. The molecule has 0 aromatic carbocycles. The summed E-state index contributed by atoms with van der Waals surface area (Å²) in [5, 5.41) is 3.91. The molecule has 0 aromatic heterocycles. The minimum atomic E-state index is -4.75. The van der Waals surface area contributed by atoms with Gasteiger partial charge in [0.15, 0.2) is 12.0 Å². The summed E-state index contributed by atoms with van der Waals surface area (Å²) < 4.78 is 38.2. The molecule has 2 unspecified atom stereocenters. The number of carbonyl (C=O) groups is 1. The minimum absolute atomic E-state index is 0.577. The molecule has 2 aliphatic heterocycles. The van der Waals surface area contributed by atoms with Gasteiger partial charge in [-0.15, -0.1) is 0 Å². The van der Waals surface area contributed by atoms with E-state index in [9.17, 15) is 18.0 Å². The normalized spacial score (nSPS) is 34.2. The van der Waals surface area contributed by atoms with Crippen LogP contribution in [0.2, 0.25) is 0 Å². The number of fused-ring (bicyclic) bond motifs is 1. The van der Waals surface area contributed by atoms with Gasteiger partial charge in [0.1, 0.15) is 0 Å². The first kappa shape index (κ1) is 9.74. The fourth-order valence-corrected chi connectivity index (χ4v) is 1.46. The Balaban J connectivity index is 2.53.